The standard InChI is InChI=1S/C17H20N2O2/c1-4-7-14-13(5-2)16(17(20)21-6-3)15-10-12(11-18)8-9-19(14)15/h8-10H,4-7H2,1-3H3. The van der Waals surface area contributed by atoms with Crippen molar-refractivity contribution < 1.29 is 9.53 Å². The number of ether oxygens (including phenoxy) is 1. The zero-order valence-electron chi connectivity index (χ0n) is 12.8. The van der Waals surface area contributed by atoms with Crippen LogP contribution >= 0.6 is 0 Å². The minimum Gasteiger partial charge on any atom is -0.462 e. The lowest BCUT2D eigenvalue weighted by Crippen LogP contribution is -2.07. The van der Waals surface area contributed by atoms with Crippen molar-refractivity contribution in [1.29, 1.82) is 5.26 Å². The fraction of sp³-hybridized carbons (Fsp3) is 0.412. The highest BCUT2D eigenvalue weighted by atomic mass is 16.5. The zero-order chi connectivity index (χ0) is 15.4. The molecule has 0 radical (unpaired) electrons. The SMILES string of the molecule is CCCc1c(CC)c(C(=O)OCC)c2cc(C#N)ccn12. The average molecular weight is 284 g/mol. The number of nitrogens with zero attached hydrogens (tertiary/aromatic N) is 2. The first kappa shape index (κ1) is 15.1. The quantitative estimate of drug-likeness (QED) is 0.790. The van der Waals surface area contributed by atoms with Crippen LogP contribution in [-0.4, -0.2) is 17.0 Å². The molecule has 0 aliphatic carbocycles. The van der Waals surface area contributed by atoms with Crippen LogP contribution in [0.5, 0.6) is 0 Å². The highest BCUT2D eigenvalue weighted by Crippen LogP contribution is 2.27. The molecule has 2 heterocycles. The molecule has 4 heteroatoms. The Morgan fingerprint density at radius 1 is 1.38 bits per heavy atom. The van der Waals surface area contributed by atoms with Crippen LogP contribution < -0.4 is 0 Å². The van der Waals surface area contributed by atoms with Crippen LogP contribution in [-0.2, 0) is 17.6 Å². The number of hydrogen-bond donors (Lipinski definition) is 0. The van der Waals surface area contributed by atoms with E-state index in [-0.39, 0.29) is 5.97 Å². The summed E-state index contributed by atoms with van der Waals surface area (Å²) in [6.45, 7) is 6.31. The van der Waals surface area contributed by atoms with Gasteiger partial charge in [-0.25, -0.2) is 4.79 Å². The van der Waals surface area contributed by atoms with E-state index in [0.29, 0.717) is 17.7 Å². The van der Waals surface area contributed by atoms with Gasteiger partial charge in [0.25, 0.3) is 0 Å². The molecule has 0 unspecified atom stereocenters. The van der Waals surface area contributed by atoms with Gasteiger partial charge in [0.1, 0.15) is 0 Å². The summed E-state index contributed by atoms with van der Waals surface area (Å²) in [5, 5.41) is 9.09. The lowest BCUT2D eigenvalue weighted by atomic mass is 10.0. The van der Waals surface area contributed by atoms with Gasteiger partial charge in [-0.1, -0.05) is 20.3 Å². The molecule has 0 bridgehead atoms. The second-order valence-corrected chi connectivity index (χ2v) is 4.91. The van der Waals surface area contributed by atoms with Crippen molar-refractivity contribution in [1.82, 2.24) is 4.40 Å². The lowest BCUT2D eigenvalue weighted by Gasteiger charge is -2.04. The number of nitriles is 1. The third kappa shape index (κ3) is 2.64. The normalized spacial score (nSPS) is 10.6. The van der Waals surface area contributed by atoms with Gasteiger partial charge in [0.05, 0.1) is 29.3 Å². The molecule has 0 amide bonds. The van der Waals surface area contributed by atoms with Gasteiger partial charge in [-0.3, -0.25) is 0 Å². The molecule has 0 aliphatic rings. The van der Waals surface area contributed by atoms with Crippen molar-refractivity contribution in [2.45, 2.75) is 40.0 Å². The second kappa shape index (κ2) is 6.45. The number of aryl methyl sites for hydroxylation is 1. The fourth-order valence-corrected chi connectivity index (χ4v) is 2.76. The molecule has 0 aromatic carbocycles. The maximum absolute atomic E-state index is 12.3. The van der Waals surface area contributed by atoms with Crippen molar-refractivity contribution >= 4 is 11.5 Å². The first-order chi connectivity index (χ1) is 10.2. The molecule has 110 valence electrons. The maximum Gasteiger partial charge on any atom is 0.340 e. The fourth-order valence-electron chi connectivity index (χ4n) is 2.76. The van der Waals surface area contributed by atoms with E-state index >= 15 is 0 Å². The zero-order valence-corrected chi connectivity index (χ0v) is 12.8. The summed E-state index contributed by atoms with van der Waals surface area (Å²) < 4.78 is 7.23. The number of esters is 1. The van der Waals surface area contributed by atoms with Crippen LogP contribution in [0.3, 0.4) is 0 Å². The summed E-state index contributed by atoms with van der Waals surface area (Å²) >= 11 is 0. The van der Waals surface area contributed by atoms with Crippen molar-refractivity contribution in [3.8, 4) is 6.07 Å². The molecule has 0 spiro atoms. The van der Waals surface area contributed by atoms with Crippen LogP contribution in [0.1, 0.15) is 54.4 Å². The number of rotatable bonds is 5. The van der Waals surface area contributed by atoms with E-state index in [1.807, 2.05) is 17.5 Å². The summed E-state index contributed by atoms with van der Waals surface area (Å²) in [5.41, 5.74) is 4.11. The van der Waals surface area contributed by atoms with Gasteiger partial charge in [0, 0.05) is 11.9 Å². The van der Waals surface area contributed by atoms with E-state index in [4.69, 9.17) is 10.00 Å². The van der Waals surface area contributed by atoms with Crippen molar-refractivity contribution in [2.24, 2.45) is 0 Å². The second-order valence-electron chi connectivity index (χ2n) is 4.91. The molecule has 2 aromatic heterocycles. The molecule has 4 nitrogen and oxygen atoms in total. The number of pyridine rings is 1. The topological polar surface area (TPSA) is 54.5 Å². The number of aromatic nitrogens is 1. The Balaban J connectivity index is 2.78. The molecule has 0 fully saturated rings. The van der Waals surface area contributed by atoms with Gasteiger partial charge in [0.15, 0.2) is 0 Å². The number of carbonyl (C=O) groups is 1. The monoisotopic (exact) mass is 284 g/mol. The first-order valence-electron chi connectivity index (χ1n) is 7.40. The van der Waals surface area contributed by atoms with Crippen LogP contribution in [0.25, 0.3) is 5.52 Å². The van der Waals surface area contributed by atoms with E-state index in [1.54, 1.807) is 19.1 Å². The van der Waals surface area contributed by atoms with Gasteiger partial charge < -0.3 is 9.14 Å². The third-order valence-electron chi connectivity index (χ3n) is 3.60. The molecule has 21 heavy (non-hydrogen) atoms. The van der Waals surface area contributed by atoms with Crippen molar-refractivity contribution in [2.75, 3.05) is 6.61 Å². The largest absolute Gasteiger partial charge is 0.462 e. The Morgan fingerprint density at radius 3 is 2.71 bits per heavy atom. The summed E-state index contributed by atoms with van der Waals surface area (Å²) in [4.78, 5) is 12.3. The predicted molar refractivity (Wildman–Crippen MR) is 81.4 cm³/mol. The molecule has 0 saturated carbocycles. The molecule has 0 aliphatic heterocycles. The number of fused-ring (bicyclic) bond motifs is 1. The Kier molecular flexibility index (Phi) is 4.64. The molecular weight excluding hydrogens is 264 g/mol. The summed E-state index contributed by atoms with van der Waals surface area (Å²) in [6, 6.07) is 5.68. The smallest absolute Gasteiger partial charge is 0.340 e. The highest BCUT2D eigenvalue weighted by molar-refractivity contribution is 6.00. The molecule has 0 saturated heterocycles. The van der Waals surface area contributed by atoms with E-state index in [9.17, 15) is 4.79 Å². The van der Waals surface area contributed by atoms with Gasteiger partial charge in [-0.2, -0.15) is 5.26 Å². The average Bonchev–Trinajstić information content (AvgIpc) is 2.80. The van der Waals surface area contributed by atoms with E-state index in [0.717, 1.165) is 36.0 Å². The third-order valence-corrected chi connectivity index (χ3v) is 3.60. The van der Waals surface area contributed by atoms with Gasteiger partial charge in [-0.05, 0) is 37.5 Å². The van der Waals surface area contributed by atoms with E-state index < -0.39 is 0 Å². The molecule has 2 rings (SSSR count). The van der Waals surface area contributed by atoms with Crippen LogP contribution in [0.2, 0.25) is 0 Å². The van der Waals surface area contributed by atoms with Gasteiger partial charge >= 0.3 is 5.97 Å². The molecule has 0 atom stereocenters. The summed E-state index contributed by atoms with van der Waals surface area (Å²) in [7, 11) is 0. The first-order valence-corrected chi connectivity index (χ1v) is 7.40. The Morgan fingerprint density at radius 2 is 2.14 bits per heavy atom. The lowest BCUT2D eigenvalue weighted by molar-refractivity contribution is 0.0527. The predicted octanol–water partition coefficient (Wildman–Crippen LogP) is 3.50. The number of hydrogen-bond acceptors (Lipinski definition) is 3. The van der Waals surface area contributed by atoms with Crippen LogP contribution in [0.4, 0.5) is 0 Å². The van der Waals surface area contributed by atoms with Crippen molar-refractivity contribution in [3.05, 3.63) is 40.7 Å². The Labute approximate surface area is 125 Å². The minimum atomic E-state index is -0.302. The molecule has 0 N–H and O–H groups in total. The van der Waals surface area contributed by atoms with Crippen molar-refractivity contribution in [3.63, 3.8) is 0 Å². The maximum atomic E-state index is 12.3. The summed E-state index contributed by atoms with van der Waals surface area (Å²) in [5.74, 6) is -0.302. The number of carbonyl (C=O) groups excluding carboxylic acids is 1. The highest BCUT2D eigenvalue weighted by Gasteiger charge is 2.22. The van der Waals surface area contributed by atoms with E-state index in [2.05, 4.69) is 13.0 Å². The van der Waals surface area contributed by atoms with E-state index in [1.165, 1.54) is 0 Å². The van der Waals surface area contributed by atoms with Gasteiger partial charge in [-0.15, -0.1) is 0 Å². The van der Waals surface area contributed by atoms with Crippen LogP contribution in [0, 0.1) is 11.3 Å². The minimum absolute atomic E-state index is 0.302. The Bertz CT molecular complexity index is 708. The summed E-state index contributed by atoms with van der Waals surface area (Å²) in [6.07, 6.45) is 4.55. The molecule has 2 aromatic rings. The Hall–Kier alpha value is -2.28. The molecular formula is C17H20N2O2. The van der Waals surface area contributed by atoms with Gasteiger partial charge in [0.2, 0.25) is 0 Å². The van der Waals surface area contributed by atoms with Crippen LogP contribution in [0.15, 0.2) is 18.3 Å².